The SMILES string of the molecule is CCC(C)c1c(Cl)cccc1OC. The summed E-state index contributed by atoms with van der Waals surface area (Å²) in [5.74, 6) is 1.34. The Bertz CT molecular complexity index is 283. The lowest BCUT2D eigenvalue weighted by molar-refractivity contribution is 0.406. The topological polar surface area (TPSA) is 9.23 Å². The summed E-state index contributed by atoms with van der Waals surface area (Å²) in [5, 5.41) is 0.800. The van der Waals surface area contributed by atoms with Crippen LogP contribution in [-0.4, -0.2) is 7.11 Å². The fraction of sp³-hybridized carbons (Fsp3) is 0.455. The second-order valence-electron chi connectivity index (χ2n) is 3.17. The smallest absolute Gasteiger partial charge is 0.123 e. The van der Waals surface area contributed by atoms with Crippen molar-refractivity contribution in [2.24, 2.45) is 0 Å². The van der Waals surface area contributed by atoms with Gasteiger partial charge in [0, 0.05) is 10.6 Å². The van der Waals surface area contributed by atoms with Gasteiger partial charge in [0.25, 0.3) is 0 Å². The molecule has 0 fully saturated rings. The van der Waals surface area contributed by atoms with Gasteiger partial charge in [-0.2, -0.15) is 0 Å². The van der Waals surface area contributed by atoms with E-state index in [4.69, 9.17) is 16.3 Å². The first kappa shape index (κ1) is 10.4. The molecule has 0 aliphatic heterocycles. The molecule has 2 heteroatoms. The van der Waals surface area contributed by atoms with E-state index in [1.54, 1.807) is 7.11 Å². The van der Waals surface area contributed by atoms with Gasteiger partial charge in [0.2, 0.25) is 0 Å². The number of hydrogen-bond acceptors (Lipinski definition) is 1. The molecular weight excluding hydrogens is 184 g/mol. The van der Waals surface area contributed by atoms with Crippen LogP contribution in [0.3, 0.4) is 0 Å². The van der Waals surface area contributed by atoms with Gasteiger partial charge < -0.3 is 4.74 Å². The van der Waals surface area contributed by atoms with Crippen molar-refractivity contribution in [3.63, 3.8) is 0 Å². The molecule has 1 aromatic rings. The lowest BCUT2D eigenvalue weighted by Gasteiger charge is -2.15. The van der Waals surface area contributed by atoms with Crippen LogP contribution < -0.4 is 4.74 Å². The molecule has 0 amide bonds. The van der Waals surface area contributed by atoms with E-state index in [-0.39, 0.29) is 0 Å². The van der Waals surface area contributed by atoms with E-state index in [0.29, 0.717) is 5.92 Å². The van der Waals surface area contributed by atoms with Gasteiger partial charge in [-0.05, 0) is 24.5 Å². The number of halogens is 1. The van der Waals surface area contributed by atoms with Crippen molar-refractivity contribution < 1.29 is 4.74 Å². The molecule has 1 rings (SSSR count). The average molecular weight is 199 g/mol. The molecule has 1 unspecified atom stereocenters. The van der Waals surface area contributed by atoms with Crippen molar-refractivity contribution in [3.05, 3.63) is 28.8 Å². The predicted molar refractivity (Wildman–Crippen MR) is 56.7 cm³/mol. The van der Waals surface area contributed by atoms with Gasteiger partial charge in [-0.1, -0.05) is 31.5 Å². The predicted octanol–water partition coefficient (Wildman–Crippen LogP) is 3.86. The quantitative estimate of drug-likeness (QED) is 0.717. The van der Waals surface area contributed by atoms with Crippen LogP contribution >= 0.6 is 11.6 Å². The van der Waals surface area contributed by atoms with Gasteiger partial charge in [0.15, 0.2) is 0 Å². The molecule has 0 bridgehead atoms. The van der Waals surface area contributed by atoms with Crippen LogP contribution in [0.5, 0.6) is 5.75 Å². The summed E-state index contributed by atoms with van der Waals surface area (Å²) in [5.41, 5.74) is 1.12. The first-order valence-corrected chi connectivity index (χ1v) is 4.90. The minimum absolute atomic E-state index is 0.448. The van der Waals surface area contributed by atoms with Gasteiger partial charge in [0.1, 0.15) is 5.75 Å². The number of ether oxygens (including phenoxy) is 1. The Morgan fingerprint density at radius 1 is 1.46 bits per heavy atom. The maximum Gasteiger partial charge on any atom is 0.123 e. The Balaban J connectivity index is 3.14. The van der Waals surface area contributed by atoms with Gasteiger partial charge >= 0.3 is 0 Å². The zero-order chi connectivity index (χ0) is 9.84. The minimum Gasteiger partial charge on any atom is -0.496 e. The highest BCUT2D eigenvalue weighted by Crippen LogP contribution is 2.34. The molecule has 1 aromatic carbocycles. The van der Waals surface area contributed by atoms with Gasteiger partial charge in [-0.15, -0.1) is 0 Å². The standard InChI is InChI=1S/C11H15ClO/c1-4-8(2)11-9(12)6-5-7-10(11)13-3/h5-8H,4H2,1-3H3. The monoisotopic (exact) mass is 198 g/mol. The fourth-order valence-electron chi connectivity index (χ4n) is 1.38. The first-order valence-electron chi connectivity index (χ1n) is 4.53. The maximum atomic E-state index is 6.10. The van der Waals surface area contributed by atoms with Gasteiger partial charge in [0.05, 0.1) is 7.11 Å². The normalized spacial score (nSPS) is 12.6. The Morgan fingerprint density at radius 2 is 2.15 bits per heavy atom. The summed E-state index contributed by atoms with van der Waals surface area (Å²) in [6, 6.07) is 5.77. The lowest BCUT2D eigenvalue weighted by Crippen LogP contribution is -1.97. The van der Waals surface area contributed by atoms with Crippen LogP contribution in [-0.2, 0) is 0 Å². The first-order chi connectivity index (χ1) is 6.20. The molecule has 0 radical (unpaired) electrons. The van der Waals surface area contributed by atoms with Crippen LogP contribution in [0.15, 0.2) is 18.2 Å². The van der Waals surface area contributed by atoms with E-state index >= 15 is 0 Å². The molecule has 0 N–H and O–H groups in total. The highest BCUT2D eigenvalue weighted by molar-refractivity contribution is 6.31. The summed E-state index contributed by atoms with van der Waals surface area (Å²) in [4.78, 5) is 0. The second kappa shape index (κ2) is 4.52. The molecular formula is C11H15ClO. The second-order valence-corrected chi connectivity index (χ2v) is 3.57. The number of methoxy groups -OCH3 is 1. The molecule has 0 spiro atoms. The summed E-state index contributed by atoms with van der Waals surface area (Å²) in [6.45, 7) is 4.30. The molecule has 0 aliphatic carbocycles. The van der Waals surface area contributed by atoms with E-state index in [0.717, 1.165) is 22.8 Å². The minimum atomic E-state index is 0.448. The molecule has 1 nitrogen and oxygen atoms in total. The van der Waals surface area contributed by atoms with Gasteiger partial charge in [-0.25, -0.2) is 0 Å². The van der Waals surface area contributed by atoms with Crippen molar-refractivity contribution in [1.29, 1.82) is 0 Å². The number of hydrogen-bond donors (Lipinski definition) is 0. The van der Waals surface area contributed by atoms with Crippen LogP contribution in [0.1, 0.15) is 31.7 Å². The third-order valence-electron chi connectivity index (χ3n) is 2.34. The Labute approximate surface area is 84.7 Å². The summed E-state index contributed by atoms with van der Waals surface area (Å²) >= 11 is 6.10. The summed E-state index contributed by atoms with van der Waals surface area (Å²) < 4.78 is 5.26. The third-order valence-corrected chi connectivity index (χ3v) is 2.67. The van der Waals surface area contributed by atoms with Crippen molar-refractivity contribution in [2.75, 3.05) is 7.11 Å². The molecule has 1 atom stereocenters. The van der Waals surface area contributed by atoms with E-state index in [2.05, 4.69) is 13.8 Å². The molecule has 0 saturated carbocycles. The lowest BCUT2D eigenvalue weighted by atomic mass is 9.98. The third kappa shape index (κ3) is 2.16. The van der Waals surface area contributed by atoms with Crippen LogP contribution in [0, 0.1) is 0 Å². The molecule has 0 saturated heterocycles. The zero-order valence-corrected chi connectivity index (χ0v) is 9.06. The van der Waals surface area contributed by atoms with Crippen LogP contribution in [0.2, 0.25) is 5.02 Å². The molecule has 13 heavy (non-hydrogen) atoms. The van der Waals surface area contributed by atoms with Crippen LogP contribution in [0.4, 0.5) is 0 Å². The summed E-state index contributed by atoms with van der Waals surface area (Å²) in [6.07, 6.45) is 1.07. The number of benzene rings is 1. The van der Waals surface area contributed by atoms with Crippen molar-refractivity contribution >= 4 is 11.6 Å². The van der Waals surface area contributed by atoms with Crippen molar-refractivity contribution in [3.8, 4) is 5.75 Å². The zero-order valence-electron chi connectivity index (χ0n) is 8.30. The fourth-order valence-corrected chi connectivity index (χ4v) is 1.73. The van der Waals surface area contributed by atoms with E-state index in [1.165, 1.54) is 0 Å². The molecule has 0 aliphatic rings. The van der Waals surface area contributed by atoms with Crippen LogP contribution in [0.25, 0.3) is 0 Å². The Hall–Kier alpha value is -0.690. The Kier molecular flexibility index (Phi) is 3.61. The van der Waals surface area contributed by atoms with Gasteiger partial charge in [-0.3, -0.25) is 0 Å². The maximum absolute atomic E-state index is 6.10. The van der Waals surface area contributed by atoms with Crippen molar-refractivity contribution in [1.82, 2.24) is 0 Å². The van der Waals surface area contributed by atoms with Crippen molar-refractivity contribution in [2.45, 2.75) is 26.2 Å². The van der Waals surface area contributed by atoms with E-state index in [1.807, 2.05) is 18.2 Å². The highest BCUT2D eigenvalue weighted by Gasteiger charge is 2.12. The molecule has 0 aromatic heterocycles. The summed E-state index contributed by atoms with van der Waals surface area (Å²) in [7, 11) is 1.68. The van der Waals surface area contributed by atoms with E-state index < -0.39 is 0 Å². The number of rotatable bonds is 3. The highest BCUT2D eigenvalue weighted by atomic mass is 35.5. The molecule has 72 valence electrons. The van der Waals surface area contributed by atoms with E-state index in [9.17, 15) is 0 Å². The largest absolute Gasteiger partial charge is 0.496 e. The average Bonchev–Trinajstić information content (AvgIpc) is 2.16. The molecule has 0 heterocycles. The Morgan fingerprint density at radius 3 is 2.69 bits per heavy atom.